The average Bonchev–Trinajstić information content (AvgIpc) is 2.61. The van der Waals surface area contributed by atoms with Gasteiger partial charge < -0.3 is 0 Å². The summed E-state index contributed by atoms with van der Waals surface area (Å²) < 4.78 is 56.0. The fourth-order valence-corrected chi connectivity index (χ4v) is 2.89. The predicted octanol–water partition coefficient (Wildman–Crippen LogP) is 6.37. The van der Waals surface area contributed by atoms with Crippen LogP contribution in [-0.2, 0) is 12.8 Å². The van der Waals surface area contributed by atoms with Crippen molar-refractivity contribution < 1.29 is 17.6 Å². The lowest BCUT2D eigenvalue weighted by atomic mass is 9.98. The van der Waals surface area contributed by atoms with Gasteiger partial charge in [-0.25, -0.2) is 17.6 Å². The summed E-state index contributed by atoms with van der Waals surface area (Å²) in [6.45, 7) is 3.28. The highest BCUT2D eigenvalue weighted by atomic mass is 19.1. The van der Waals surface area contributed by atoms with Gasteiger partial charge in [-0.05, 0) is 59.9 Å². The van der Waals surface area contributed by atoms with Gasteiger partial charge in [0, 0.05) is 17.5 Å². The Kier molecular flexibility index (Phi) is 5.12. The smallest absolute Gasteiger partial charge is 0.131 e. The summed E-state index contributed by atoms with van der Waals surface area (Å²) in [6.07, 6.45) is 0.770. The highest BCUT2D eigenvalue weighted by Crippen LogP contribution is 2.27. The first-order valence-corrected chi connectivity index (χ1v) is 8.40. The van der Waals surface area contributed by atoms with Crippen molar-refractivity contribution in [2.45, 2.75) is 26.7 Å². The molecule has 0 bridgehead atoms. The van der Waals surface area contributed by atoms with Crippen LogP contribution in [0.5, 0.6) is 0 Å². The van der Waals surface area contributed by atoms with Crippen LogP contribution in [0.1, 0.15) is 29.2 Å². The van der Waals surface area contributed by atoms with Crippen LogP contribution in [0, 0.1) is 30.2 Å². The van der Waals surface area contributed by atoms with Gasteiger partial charge in [0.05, 0.1) is 0 Å². The van der Waals surface area contributed by atoms with Gasteiger partial charge >= 0.3 is 0 Å². The molecule has 3 aromatic rings. The molecule has 3 aromatic carbocycles. The van der Waals surface area contributed by atoms with Gasteiger partial charge in [0.15, 0.2) is 0 Å². The van der Waals surface area contributed by atoms with E-state index in [1.807, 2.05) is 13.0 Å². The van der Waals surface area contributed by atoms with E-state index in [-0.39, 0.29) is 12.0 Å². The molecule has 0 amide bonds. The molecule has 0 spiro atoms. The first kappa shape index (κ1) is 18.2. The highest BCUT2D eigenvalue weighted by Gasteiger charge is 2.12. The molecule has 26 heavy (non-hydrogen) atoms. The molecule has 0 aliphatic carbocycles. The molecule has 0 nitrogen and oxygen atoms in total. The molecule has 0 fully saturated rings. The van der Waals surface area contributed by atoms with Crippen LogP contribution in [0.25, 0.3) is 11.1 Å². The summed E-state index contributed by atoms with van der Waals surface area (Å²) in [7, 11) is 0. The second kappa shape index (κ2) is 7.32. The lowest BCUT2D eigenvalue weighted by molar-refractivity contribution is 0.564. The first-order chi connectivity index (χ1) is 12.4. The van der Waals surface area contributed by atoms with Gasteiger partial charge in [-0.3, -0.25) is 0 Å². The van der Waals surface area contributed by atoms with Crippen molar-refractivity contribution in [2.75, 3.05) is 0 Å². The van der Waals surface area contributed by atoms with Crippen molar-refractivity contribution in [1.29, 1.82) is 0 Å². The Labute approximate surface area is 150 Å². The topological polar surface area (TPSA) is 0 Å². The standard InChI is InChI=1S/C22H18F4/c1-3-14-4-7-18(22(26)9-14)16-5-6-17(21(25)12-16)8-15-10-19(23)13(2)20(24)11-15/h4-7,9-12H,3,8H2,1-2H3. The molecule has 0 saturated heterocycles. The second-order valence-corrected chi connectivity index (χ2v) is 6.34. The van der Waals surface area contributed by atoms with Crippen LogP contribution >= 0.6 is 0 Å². The van der Waals surface area contributed by atoms with Crippen LogP contribution in [-0.4, -0.2) is 0 Å². The molecule has 3 rings (SSSR count). The summed E-state index contributed by atoms with van der Waals surface area (Å²) in [5, 5.41) is 0. The van der Waals surface area contributed by atoms with Crippen molar-refractivity contribution in [1.82, 2.24) is 0 Å². The molecule has 0 radical (unpaired) electrons. The monoisotopic (exact) mass is 358 g/mol. The summed E-state index contributed by atoms with van der Waals surface area (Å²) in [6, 6.07) is 11.7. The molecule has 0 heterocycles. The molecule has 134 valence electrons. The predicted molar refractivity (Wildman–Crippen MR) is 95.1 cm³/mol. The molecule has 0 aliphatic heterocycles. The number of hydrogen-bond donors (Lipinski definition) is 0. The van der Waals surface area contributed by atoms with Crippen molar-refractivity contribution in [3.05, 3.63) is 94.1 Å². The largest absolute Gasteiger partial charge is 0.207 e. The maximum atomic E-state index is 14.5. The van der Waals surface area contributed by atoms with Crippen LogP contribution in [0.3, 0.4) is 0 Å². The third-order valence-electron chi connectivity index (χ3n) is 4.54. The van der Waals surface area contributed by atoms with Crippen LogP contribution < -0.4 is 0 Å². The van der Waals surface area contributed by atoms with E-state index in [4.69, 9.17) is 0 Å². The molecule has 0 atom stereocenters. The van der Waals surface area contributed by atoms with E-state index in [2.05, 4.69) is 0 Å². The quantitative estimate of drug-likeness (QED) is 0.475. The average molecular weight is 358 g/mol. The number of rotatable bonds is 4. The molecule has 4 heteroatoms. The molecular formula is C22H18F4. The van der Waals surface area contributed by atoms with Gasteiger partial charge in [-0.2, -0.15) is 0 Å². The molecular weight excluding hydrogens is 340 g/mol. The van der Waals surface area contributed by atoms with E-state index in [1.54, 1.807) is 12.1 Å². The third kappa shape index (κ3) is 3.64. The molecule has 0 saturated carbocycles. The van der Waals surface area contributed by atoms with E-state index in [1.165, 1.54) is 37.3 Å². The lowest BCUT2D eigenvalue weighted by Crippen LogP contribution is -1.98. The van der Waals surface area contributed by atoms with E-state index in [0.29, 0.717) is 28.7 Å². The normalized spacial score (nSPS) is 11.0. The zero-order valence-electron chi connectivity index (χ0n) is 14.5. The summed E-state index contributed by atoms with van der Waals surface area (Å²) in [5.74, 6) is -2.26. The van der Waals surface area contributed by atoms with Crippen LogP contribution in [0.4, 0.5) is 17.6 Å². The maximum Gasteiger partial charge on any atom is 0.131 e. The van der Waals surface area contributed by atoms with E-state index in [0.717, 1.165) is 5.56 Å². The fraction of sp³-hybridized carbons (Fsp3) is 0.182. The molecule has 0 unspecified atom stereocenters. The van der Waals surface area contributed by atoms with Gasteiger partial charge in [-0.15, -0.1) is 0 Å². The molecule has 0 N–H and O–H groups in total. The molecule has 0 aromatic heterocycles. The Balaban J connectivity index is 1.91. The lowest BCUT2D eigenvalue weighted by Gasteiger charge is -2.10. The Bertz CT molecular complexity index is 937. The van der Waals surface area contributed by atoms with Crippen LogP contribution in [0.15, 0.2) is 48.5 Å². The van der Waals surface area contributed by atoms with Crippen molar-refractivity contribution in [3.8, 4) is 11.1 Å². The third-order valence-corrected chi connectivity index (χ3v) is 4.54. The zero-order chi connectivity index (χ0) is 18.8. The number of aryl methyl sites for hydroxylation is 1. The second-order valence-electron chi connectivity index (χ2n) is 6.34. The number of hydrogen-bond acceptors (Lipinski definition) is 0. The Morgan fingerprint density at radius 2 is 1.35 bits per heavy atom. The SMILES string of the molecule is CCc1ccc(-c2ccc(Cc3cc(F)c(C)c(F)c3)c(F)c2)c(F)c1. The van der Waals surface area contributed by atoms with E-state index in [9.17, 15) is 17.6 Å². The maximum absolute atomic E-state index is 14.5. The van der Waals surface area contributed by atoms with Crippen molar-refractivity contribution >= 4 is 0 Å². The summed E-state index contributed by atoms with van der Waals surface area (Å²) >= 11 is 0. The Hall–Kier alpha value is -2.62. The zero-order valence-corrected chi connectivity index (χ0v) is 14.5. The summed E-state index contributed by atoms with van der Waals surface area (Å²) in [4.78, 5) is 0. The van der Waals surface area contributed by atoms with Gasteiger partial charge in [-0.1, -0.05) is 31.2 Å². The Morgan fingerprint density at radius 1 is 0.692 bits per heavy atom. The number of halogens is 4. The van der Waals surface area contributed by atoms with Crippen molar-refractivity contribution in [2.24, 2.45) is 0 Å². The van der Waals surface area contributed by atoms with Crippen LogP contribution in [0.2, 0.25) is 0 Å². The highest BCUT2D eigenvalue weighted by molar-refractivity contribution is 5.65. The van der Waals surface area contributed by atoms with Gasteiger partial charge in [0.2, 0.25) is 0 Å². The minimum absolute atomic E-state index is 0.0531. The van der Waals surface area contributed by atoms with Gasteiger partial charge in [0.25, 0.3) is 0 Å². The minimum atomic E-state index is -0.657. The number of benzene rings is 3. The van der Waals surface area contributed by atoms with Crippen molar-refractivity contribution in [3.63, 3.8) is 0 Å². The minimum Gasteiger partial charge on any atom is -0.207 e. The molecule has 0 aliphatic rings. The van der Waals surface area contributed by atoms with Gasteiger partial charge in [0.1, 0.15) is 23.3 Å². The van der Waals surface area contributed by atoms with E-state index < -0.39 is 23.3 Å². The Morgan fingerprint density at radius 3 is 1.92 bits per heavy atom. The van der Waals surface area contributed by atoms with E-state index >= 15 is 0 Å². The first-order valence-electron chi connectivity index (χ1n) is 8.40. The summed E-state index contributed by atoms with van der Waals surface area (Å²) in [5.41, 5.74) is 2.19. The fourth-order valence-electron chi connectivity index (χ4n) is 2.89.